The molecule has 119 heavy (non-hydrogen) atoms. The second-order valence-corrected chi connectivity index (χ2v) is 28.8. The molecule has 0 aliphatic carbocycles. The van der Waals surface area contributed by atoms with Crippen molar-refractivity contribution >= 4 is 68.8 Å². The molecule has 4 atom stereocenters. The molecule has 0 radical (unpaired) electrons. The molecule has 8 rings (SSSR count). The molecule has 638 valence electrons. The fourth-order valence-electron chi connectivity index (χ4n) is 12.7. The van der Waals surface area contributed by atoms with E-state index in [9.17, 15) is 38.7 Å². The Balaban J connectivity index is 0.000000369. The van der Waals surface area contributed by atoms with Gasteiger partial charge in [-0.1, -0.05) is 151 Å². The Morgan fingerprint density at radius 1 is 0.496 bits per heavy atom. The number of fused-ring (bicyclic) bond motifs is 2. The first-order valence-electron chi connectivity index (χ1n) is 39.8. The zero-order chi connectivity index (χ0) is 84.5. The predicted octanol–water partition coefficient (Wildman–Crippen LogP) is 15.5. The smallest absolute Gasteiger partial charge is 0.416 e. The van der Waals surface area contributed by atoms with Crippen molar-refractivity contribution in [1.29, 1.82) is 0 Å². The number of carboxylic acid groups (broad SMARTS) is 1. The topological polar surface area (TPSA) is 383 Å². The first-order valence-corrected chi connectivity index (χ1v) is 39.8. The molecular weight excluding hydrogens is 1520 g/mol. The van der Waals surface area contributed by atoms with Crippen LogP contribution in [0.15, 0.2) is 180 Å². The Morgan fingerprint density at radius 3 is 1.35 bits per heavy atom. The van der Waals surface area contributed by atoms with Gasteiger partial charge in [-0.15, -0.1) is 0 Å². The van der Waals surface area contributed by atoms with Gasteiger partial charge in [-0.3, -0.25) is 38.7 Å². The van der Waals surface area contributed by atoms with E-state index in [1.54, 1.807) is 39.2 Å². The van der Waals surface area contributed by atoms with Crippen molar-refractivity contribution < 1.29 is 86.0 Å². The monoisotopic (exact) mass is 1640 g/mol. The lowest BCUT2D eigenvalue weighted by atomic mass is 9.87. The third-order valence-electron chi connectivity index (χ3n) is 18.6. The number of nitrogens with one attached hydrogen (secondary N) is 2. The summed E-state index contributed by atoms with van der Waals surface area (Å²) in [4.78, 5) is 108. The minimum atomic E-state index is -1.05. The number of hydrogen-bond donors (Lipinski definition) is 3. The van der Waals surface area contributed by atoms with Crippen LogP contribution in [-0.4, -0.2) is 207 Å². The van der Waals surface area contributed by atoms with Crippen LogP contribution < -0.4 is 15.5 Å². The van der Waals surface area contributed by atoms with Crippen LogP contribution in [0, 0.1) is 13.8 Å². The summed E-state index contributed by atoms with van der Waals surface area (Å²) in [6.07, 6.45) is 4.91. The van der Waals surface area contributed by atoms with Crippen molar-refractivity contribution in [1.82, 2.24) is 20.6 Å². The van der Waals surface area contributed by atoms with E-state index in [1.165, 1.54) is 12.0 Å². The maximum atomic E-state index is 14.1. The number of nitrogens with zero attached hydrogens (tertiary/aromatic N) is 9. The number of aliphatic carboxylic acids is 1. The van der Waals surface area contributed by atoms with Crippen LogP contribution >= 0.6 is 0 Å². The number of rotatable bonds is 54. The lowest BCUT2D eigenvalue weighted by Crippen LogP contribution is -2.45. The molecule has 0 saturated carbocycles. The number of unbranched alkanes of at least 4 members (excludes halogenated alkanes) is 1. The minimum Gasteiger partial charge on any atom is -0.481 e. The van der Waals surface area contributed by atoms with Gasteiger partial charge in [0.05, 0.1) is 126 Å². The number of Topliss-reactive ketones (excluding diaryl/α,β-unsaturated/α-hetero) is 2. The van der Waals surface area contributed by atoms with Crippen LogP contribution in [-0.2, 0) is 82.6 Å². The number of ether oxygens (including phenoxy) is 10. The van der Waals surface area contributed by atoms with Gasteiger partial charge in [0.15, 0.2) is 11.6 Å². The van der Waals surface area contributed by atoms with Crippen molar-refractivity contribution in [2.45, 2.75) is 136 Å². The van der Waals surface area contributed by atoms with Crippen molar-refractivity contribution in [3.8, 4) is 22.3 Å². The highest BCUT2D eigenvalue weighted by atomic mass is 16.6. The van der Waals surface area contributed by atoms with Crippen molar-refractivity contribution in [3.63, 3.8) is 0 Å². The number of benzene rings is 6. The van der Waals surface area contributed by atoms with Crippen LogP contribution in [0.4, 0.5) is 10.6 Å². The number of esters is 1. The molecule has 29 heteroatoms. The van der Waals surface area contributed by atoms with Crippen molar-refractivity contribution in [3.05, 3.63) is 219 Å². The molecule has 2 aromatic heterocycles. The Kier molecular flexibility index (Phi) is 44.6. The van der Waals surface area contributed by atoms with Gasteiger partial charge >= 0.3 is 18.0 Å². The number of aryl methyl sites for hydroxylation is 3. The molecule has 29 nitrogen and oxygen atoms in total. The lowest BCUT2D eigenvalue weighted by Gasteiger charge is -2.27. The van der Waals surface area contributed by atoms with Gasteiger partial charge in [0, 0.05) is 85.1 Å². The summed E-state index contributed by atoms with van der Waals surface area (Å²) in [6, 6.07) is 49.5. The summed E-state index contributed by atoms with van der Waals surface area (Å²) in [5, 5.41) is 26.8. The third-order valence-corrected chi connectivity index (χ3v) is 18.6. The Hall–Kier alpha value is -11.1. The summed E-state index contributed by atoms with van der Waals surface area (Å²) in [5.74, 6) is -3.57. The summed E-state index contributed by atoms with van der Waals surface area (Å²) >= 11 is 0. The Morgan fingerprint density at radius 2 is 0.916 bits per heavy atom. The SMILES string of the molecule is C.COC(=O)C[C@H](CC(=O)[C@H](COCCOCCOCCOCCN=[N+]=[N-])NC(=O)CCCN(C(=O)OC(C)(C)C)c1cc(C)ccn1)c1ccc(-c2cccc3ccccc23)cc1.Cc1ccnc(CCCCC(=O)N[C@@H](COCCOCCOCCOCCN=[N+]=[N-])C(=O)C[C@@H](CC(=O)O)c2ccc(-c3cccc4ccccc34)cc2)c1. The van der Waals surface area contributed by atoms with Gasteiger partial charge in [0.2, 0.25) is 11.8 Å². The molecule has 0 aliphatic heterocycles. The maximum absolute atomic E-state index is 14.1. The van der Waals surface area contributed by atoms with Crippen molar-refractivity contribution in [2.24, 2.45) is 10.2 Å². The van der Waals surface area contributed by atoms with E-state index in [1.807, 2.05) is 117 Å². The van der Waals surface area contributed by atoms with E-state index in [0.717, 1.165) is 84.6 Å². The van der Waals surface area contributed by atoms with Gasteiger partial charge in [0.1, 0.15) is 23.5 Å². The molecule has 0 bridgehead atoms. The summed E-state index contributed by atoms with van der Waals surface area (Å²) < 4.78 is 55.0. The molecule has 0 fully saturated rings. The molecule has 3 N–H and O–H groups in total. The van der Waals surface area contributed by atoms with E-state index in [-0.39, 0.29) is 129 Å². The average molecular weight is 1640 g/mol. The molecule has 0 unspecified atom stereocenters. The number of carboxylic acids is 1. The van der Waals surface area contributed by atoms with E-state index >= 15 is 0 Å². The number of carbonyl (C=O) groups excluding carboxylic acids is 6. The van der Waals surface area contributed by atoms with Gasteiger partial charge in [-0.25, -0.2) is 9.78 Å². The first kappa shape index (κ1) is 96.8. The van der Waals surface area contributed by atoms with Crippen molar-refractivity contribution in [2.75, 3.05) is 137 Å². The van der Waals surface area contributed by atoms with Gasteiger partial charge in [0.25, 0.3) is 0 Å². The Labute approximate surface area is 696 Å². The van der Waals surface area contributed by atoms with E-state index < -0.39 is 53.5 Å². The zero-order valence-corrected chi connectivity index (χ0v) is 68.4. The maximum Gasteiger partial charge on any atom is 0.416 e. The van der Waals surface area contributed by atoms with Crippen LogP contribution in [0.25, 0.3) is 64.7 Å². The Bertz CT molecular complexity index is 4520. The van der Waals surface area contributed by atoms with Crippen LogP contribution in [0.2, 0.25) is 0 Å². The number of ketones is 2. The fourth-order valence-corrected chi connectivity index (χ4v) is 12.7. The number of aromatic nitrogens is 2. The summed E-state index contributed by atoms with van der Waals surface area (Å²) in [5.41, 5.74) is 24.4. The second kappa shape index (κ2) is 54.8. The van der Waals surface area contributed by atoms with Crippen LogP contribution in [0.3, 0.4) is 0 Å². The second-order valence-electron chi connectivity index (χ2n) is 28.8. The minimum absolute atomic E-state index is 0. The highest BCUT2D eigenvalue weighted by Crippen LogP contribution is 2.34. The molecule has 2 heterocycles. The van der Waals surface area contributed by atoms with Crippen LogP contribution in [0.5, 0.6) is 0 Å². The molecule has 6 aromatic carbocycles. The number of methoxy groups -OCH3 is 1. The molecule has 3 amide bonds. The summed E-state index contributed by atoms with van der Waals surface area (Å²) in [7, 11) is 1.31. The molecule has 8 aromatic rings. The number of pyridine rings is 2. The normalized spacial score (nSPS) is 12.1. The molecule has 0 saturated heterocycles. The third kappa shape index (κ3) is 36.8. The van der Waals surface area contributed by atoms with Gasteiger partial charge in [-0.2, -0.15) is 0 Å². The van der Waals surface area contributed by atoms with E-state index in [2.05, 4.69) is 89.2 Å². The van der Waals surface area contributed by atoms with Gasteiger partial charge < -0.3 is 63.1 Å². The highest BCUT2D eigenvalue weighted by Gasteiger charge is 2.30. The summed E-state index contributed by atoms with van der Waals surface area (Å²) in [6.45, 7) is 13.8. The predicted molar refractivity (Wildman–Crippen MR) is 456 cm³/mol. The average Bonchev–Trinajstić information content (AvgIpc) is 0.802. The molecule has 0 aliphatic rings. The quantitative estimate of drug-likeness (QED) is 0.0105. The number of anilines is 1. The largest absolute Gasteiger partial charge is 0.481 e. The number of amides is 3. The number of azide groups is 2. The molecular formula is C90H115N11O18. The fraction of sp³-hybridized carbons (Fsp3) is 0.456. The number of carbonyl (C=O) groups is 7. The zero-order valence-electron chi connectivity index (χ0n) is 68.4. The number of hydrogen-bond acceptors (Lipinski definition) is 21. The molecule has 0 spiro atoms. The first-order chi connectivity index (χ1) is 57.2. The van der Waals surface area contributed by atoms with Crippen LogP contribution in [0.1, 0.15) is 126 Å². The van der Waals surface area contributed by atoms with E-state index in [4.69, 9.17) is 58.4 Å². The highest BCUT2D eigenvalue weighted by molar-refractivity contribution is 5.98. The standard InChI is InChI=1S/C47H60N6O10.C42H51N5O8.CH4/c1-34-19-20-49-43(30-34)53(46(57)63-47(2,3)4)22-9-14-44(55)51-41(33-62-29-28-61-27-26-60-25-24-59-23-21-50-52-48)42(54)31-38(32-45(56)58-5)35-15-17-37(18-16-35)40-13-8-11-36-10-6-7-12-39(36)40;1-31-17-18-44-36(27-31)9-3-5-12-41(49)46-39(30-55-26-25-54-24-23-53-22-21-52-20-19-45-47-43)40(48)28-35(29-42(50)51)32-13-15-34(16-14-32)38-11-6-8-33-7-2-4-10-37(33)38;/h6-8,10-13,15-20,30,38,41H,9,14,21-29,31-33H2,1-5H3,(H,51,55);2,4,6-8,10-11,13-18,27,35,39H,3,5,9,12,19-26,28-30H2,1H3,(H,46,49)(H,50,51);1H4/t38-,41-;35-,39-;/m00./s1. The lowest BCUT2D eigenvalue weighted by molar-refractivity contribution is -0.141. The van der Waals surface area contributed by atoms with E-state index in [0.29, 0.717) is 78.3 Å². The van der Waals surface area contributed by atoms with Gasteiger partial charge in [-0.05, 0) is 162 Å².